The number of amidine groups is 1. The quantitative estimate of drug-likeness (QED) is 0.512. The molecule has 0 unspecified atom stereocenters. The summed E-state index contributed by atoms with van der Waals surface area (Å²) >= 11 is 0. The monoisotopic (exact) mass is 261 g/mol. The SMILES string of the molecule is CCCS(=O)(=O)NC1(C(=N)N)CCC(C)CC1. The van der Waals surface area contributed by atoms with Gasteiger partial charge in [0.25, 0.3) is 0 Å². The van der Waals surface area contributed by atoms with Gasteiger partial charge in [-0.2, -0.15) is 0 Å². The van der Waals surface area contributed by atoms with E-state index < -0.39 is 15.6 Å². The number of hydrogen-bond donors (Lipinski definition) is 3. The minimum Gasteiger partial charge on any atom is -0.386 e. The molecule has 6 heteroatoms. The van der Waals surface area contributed by atoms with Gasteiger partial charge in [0.15, 0.2) is 0 Å². The van der Waals surface area contributed by atoms with Crippen LogP contribution >= 0.6 is 0 Å². The minimum absolute atomic E-state index is 0.0518. The van der Waals surface area contributed by atoms with Crippen LogP contribution < -0.4 is 10.5 Å². The summed E-state index contributed by atoms with van der Waals surface area (Å²) in [4.78, 5) is 0. The molecule has 0 aromatic rings. The second-order valence-electron chi connectivity index (χ2n) is 5.10. The predicted octanol–water partition coefficient (Wildman–Crippen LogP) is 1.20. The molecule has 0 spiro atoms. The van der Waals surface area contributed by atoms with Crippen molar-refractivity contribution in [2.45, 2.75) is 51.5 Å². The van der Waals surface area contributed by atoms with Gasteiger partial charge in [0.1, 0.15) is 5.84 Å². The van der Waals surface area contributed by atoms with Gasteiger partial charge in [0.2, 0.25) is 10.0 Å². The summed E-state index contributed by atoms with van der Waals surface area (Å²) in [5.74, 6) is 0.625. The van der Waals surface area contributed by atoms with Crippen LogP contribution in [0.3, 0.4) is 0 Å². The largest absolute Gasteiger partial charge is 0.386 e. The van der Waals surface area contributed by atoms with Gasteiger partial charge in [0.05, 0.1) is 11.3 Å². The van der Waals surface area contributed by atoms with Crippen molar-refractivity contribution in [3.8, 4) is 0 Å². The average molecular weight is 261 g/mol. The van der Waals surface area contributed by atoms with Gasteiger partial charge in [-0.15, -0.1) is 0 Å². The van der Waals surface area contributed by atoms with E-state index in [4.69, 9.17) is 11.1 Å². The van der Waals surface area contributed by atoms with Crippen LogP contribution in [-0.4, -0.2) is 25.5 Å². The third kappa shape index (κ3) is 3.67. The molecule has 1 rings (SSSR count). The van der Waals surface area contributed by atoms with Crippen LogP contribution in [0.5, 0.6) is 0 Å². The Hall–Kier alpha value is -0.620. The third-order valence-corrected chi connectivity index (χ3v) is 5.11. The highest BCUT2D eigenvalue weighted by Gasteiger charge is 2.40. The zero-order chi connectivity index (χ0) is 13.1. The highest BCUT2D eigenvalue weighted by Crippen LogP contribution is 2.32. The van der Waals surface area contributed by atoms with Crippen molar-refractivity contribution < 1.29 is 8.42 Å². The van der Waals surface area contributed by atoms with Crippen molar-refractivity contribution in [3.05, 3.63) is 0 Å². The first-order valence-electron chi connectivity index (χ1n) is 6.17. The number of sulfonamides is 1. The van der Waals surface area contributed by atoms with E-state index in [0.29, 0.717) is 25.2 Å². The molecule has 0 heterocycles. The molecule has 0 bridgehead atoms. The molecule has 0 amide bonds. The lowest BCUT2D eigenvalue weighted by molar-refractivity contribution is 0.285. The Morgan fingerprint density at radius 3 is 2.41 bits per heavy atom. The molecular weight excluding hydrogens is 238 g/mol. The number of nitrogens with two attached hydrogens (primary N) is 1. The van der Waals surface area contributed by atoms with Gasteiger partial charge in [-0.05, 0) is 38.0 Å². The Bertz CT molecular complexity index is 370. The van der Waals surface area contributed by atoms with E-state index in [1.54, 1.807) is 0 Å². The van der Waals surface area contributed by atoms with E-state index in [-0.39, 0.29) is 11.6 Å². The number of nitrogens with one attached hydrogen (secondary N) is 2. The molecule has 0 saturated heterocycles. The Balaban J connectivity index is 2.84. The van der Waals surface area contributed by atoms with Crippen LogP contribution in [0.4, 0.5) is 0 Å². The molecule has 1 saturated carbocycles. The standard InChI is InChI=1S/C11H23N3O2S/c1-3-8-17(15,16)14-11(10(12)13)6-4-9(2)5-7-11/h9,14H,3-8H2,1-2H3,(H3,12,13). The molecule has 0 aromatic heterocycles. The van der Waals surface area contributed by atoms with Crippen LogP contribution in [0.15, 0.2) is 0 Å². The zero-order valence-corrected chi connectivity index (χ0v) is 11.4. The molecule has 17 heavy (non-hydrogen) atoms. The lowest BCUT2D eigenvalue weighted by Crippen LogP contribution is -2.59. The van der Waals surface area contributed by atoms with Crippen molar-refractivity contribution in [3.63, 3.8) is 0 Å². The number of hydrogen-bond acceptors (Lipinski definition) is 3. The summed E-state index contributed by atoms with van der Waals surface area (Å²) < 4.78 is 26.3. The first-order chi connectivity index (χ1) is 7.81. The zero-order valence-electron chi connectivity index (χ0n) is 10.6. The van der Waals surface area contributed by atoms with Crippen molar-refractivity contribution in [1.29, 1.82) is 5.41 Å². The molecule has 0 aliphatic heterocycles. The molecule has 100 valence electrons. The molecule has 1 aliphatic carbocycles. The summed E-state index contributed by atoms with van der Waals surface area (Å²) in [6, 6.07) is 0. The second kappa shape index (κ2) is 5.35. The summed E-state index contributed by atoms with van der Waals surface area (Å²) in [5, 5.41) is 7.67. The summed E-state index contributed by atoms with van der Waals surface area (Å²) in [7, 11) is -3.32. The van der Waals surface area contributed by atoms with Crippen LogP contribution in [0.25, 0.3) is 0 Å². The van der Waals surface area contributed by atoms with Crippen molar-refractivity contribution >= 4 is 15.9 Å². The highest BCUT2D eigenvalue weighted by atomic mass is 32.2. The second-order valence-corrected chi connectivity index (χ2v) is 6.94. The van der Waals surface area contributed by atoms with E-state index in [0.717, 1.165) is 12.8 Å². The van der Waals surface area contributed by atoms with Crippen LogP contribution in [0.1, 0.15) is 46.0 Å². The number of rotatable bonds is 5. The van der Waals surface area contributed by atoms with Crippen molar-refractivity contribution in [2.75, 3.05) is 5.75 Å². The van der Waals surface area contributed by atoms with Gasteiger partial charge >= 0.3 is 0 Å². The molecule has 1 aliphatic rings. The third-order valence-electron chi connectivity index (χ3n) is 3.47. The Labute approximate surface area is 104 Å². The van der Waals surface area contributed by atoms with Gasteiger partial charge in [-0.1, -0.05) is 13.8 Å². The van der Waals surface area contributed by atoms with E-state index in [2.05, 4.69) is 11.6 Å². The lowest BCUT2D eigenvalue weighted by atomic mass is 9.77. The predicted molar refractivity (Wildman–Crippen MR) is 69.5 cm³/mol. The molecule has 1 fully saturated rings. The summed E-state index contributed by atoms with van der Waals surface area (Å²) in [6.07, 6.45) is 3.65. The Morgan fingerprint density at radius 1 is 1.47 bits per heavy atom. The Morgan fingerprint density at radius 2 is 2.00 bits per heavy atom. The fourth-order valence-electron chi connectivity index (χ4n) is 2.30. The normalized spacial score (nSPS) is 30.1. The first kappa shape index (κ1) is 14.4. The summed E-state index contributed by atoms with van der Waals surface area (Å²) in [6.45, 7) is 3.97. The first-order valence-corrected chi connectivity index (χ1v) is 7.83. The fraction of sp³-hybridized carbons (Fsp3) is 0.909. The smallest absolute Gasteiger partial charge is 0.212 e. The molecule has 5 nitrogen and oxygen atoms in total. The van der Waals surface area contributed by atoms with E-state index >= 15 is 0 Å². The topological polar surface area (TPSA) is 96.0 Å². The van der Waals surface area contributed by atoms with Gasteiger partial charge in [-0.3, -0.25) is 5.41 Å². The Kier molecular flexibility index (Phi) is 4.55. The van der Waals surface area contributed by atoms with Crippen molar-refractivity contribution in [2.24, 2.45) is 11.7 Å². The van der Waals surface area contributed by atoms with E-state index in [1.165, 1.54) is 0 Å². The molecule has 0 atom stereocenters. The maximum atomic E-state index is 11.8. The van der Waals surface area contributed by atoms with E-state index in [1.807, 2.05) is 6.92 Å². The molecular formula is C11H23N3O2S. The van der Waals surface area contributed by atoms with Crippen molar-refractivity contribution in [1.82, 2.24) is 4.72 Å². The van der Waals surface area contributed by atoms with Gasteiger partial charge in [0, 0.05) is 0 Å². The molecule has 0 radical (unpaired) electrons. The maximum Gasteiger partial charge on any atom is 0.212 e. The van der Waals surface area contributed by atoms with Crippen LogP contribution in [-0.2, 0) is 10.0 Å². The average Bonchev–Trinajstić information content (AvgIpc) is 2.21. The lowest BCUT2D eigenvalue weighted by Gasteiger charge is -2.38. The van der Waals surface area contributed by atoms with E-state index in [9.17, 15) is 8.42 Å². The van der Waals surface area contributed by atoms with Gasteiger partial charge < -0.3 is 5.73 Å². The van der Waals surface area contributed by atoms with Gasteiger partial charge in [-0.25, -0.2) is 13.1 Å². The fourth-order valence-corrected chi connectivity index (χ4v) is 3.85. The maximum absolute atomic E-state index is 11.8. The minimum atomic E-state index is -3.32. The van der Waals surface area contributed by atoms with Crippen LogP contribution in [0.2, 0.25) is 0 Å². The molecule has 0 aromatic carbocycles. The summed E-state index contributed by atoms with van der Waals surface area (Å²) in [5.41, 5.74) is 4.77. The highest BCUT2D eigenvalue weighted by molar-refractivity contribution is 7.89. The molecule has 4 N–H and O–H groups in total. The van der Waals surface area contributed by atoms with Crippen LogP contribution in [0, 0.1) is 11.3 Å².